The molecule has 2 atom stereocenters. The van der Waals surface area contributed by atoms with Crippen LogP contribution in [0.4, 0.5) is 4.39 Å². The molecule has 1 fully saturated rings. The van der Waals surface area contributed by atoms with Gasteiger partial charge in [-0.25, -0.2) is 4.39 Å². The summed E-state index contributed by atoms with van der Waals surface area (Å²) in [4.78, 5) is 2.35. The van der Waals surface area contributed by atoms with Crippen molar-refractivity contribution < 1.29 is 9.50 Å². The second-order valence-electron chi connectivity index (χ2n) is 7.07. The summed E-state index contributed by atoms with van der Waals surface area (Å²) in [6, 6.07) is 6.84. The highest BCUT2D eigenvalue weighted by molar-refractivity contribution is 5.49. The van der Waals surface area contributed by atoms with Gasteiger partial charge in [0.1, 0.15) is 5.82 Å². The molecule has 4 nitrogen and oxygen atoms in total. The smallest absolute Gasteiger partial charge is 0.123 e. The lowest BCUT2D eigenvalue weighted by atomic mass is 9.92. The average molecular weight is 343 g/mol. The van der Waals surface area contributed by atoms with Gasteiger partial charge < -0.3 is 5.11 Å². The number of hydrogen-bond donors (Lipinski definition) is 1. The Morgan fingerprint density at radius 2 is 2.04 bits per heavy atom. The third-order valence-electron chi connectivity index (χ3n) is 4.87. The van der Waals surface area contributed by atoms with Crippen molar-refractivity contribution in [3.8, 4) is 0 Å². The van der Waals surface area contributed by atoms with Crippen molar-refractivity contribution in [2.45, 2.75) is 25.8 Å². The fraction of sp³-hybridized carbons (Fsp3) is 0.450. The van der Waals surface area contributed by atoms with E-state index in [0.717, 1.165) is 25.2 Å². The maximum absolute atomic E-state index is 12.9. The minimum absolute atomic E-state index is 0.190. The van der Waals surface area contributed by atoms with Crippen molar-refractivity contribution >= 4 is 6.08 Å². The summed E-state index contributed by atoms with van der Waals surface area (Å²) in [7, 11) is 0. The van der Waals surface area contributed by atoms with E-state index in [2.05, 4.69) is 36.1 Å². The standard InChI is InChI=1S/C20H26FN3O/c1-15(2)24-12-17(10-22-24)20-13-23(11-18(20)14-25)9-3-4-16-5-7-19(21)8-6-16/h3-8,10,12,15,18,20,25H,9,11,13-14H2,1-2H3/t18-,20-/m0/s1. The van der Waals surface area contributed by atoms with E-state index in [4.69, 9.17) is 0 Å². The van der Waals surface area contributed by atoms with Crippen LogP contribution in [-0.2, 0) is 0 Å². The molecule has 1 aromatic carbocycles. The third-order valence-corrected chi connectivity index (χ3v) is 4.87. The Bertz CT molecular complexity index is 708. The minimum atomic E-state index is -0.215. The van der Waals surface area contributed by atoms with E-state index in [1.165, 1.54) is 17.7 Å². The van der Waals surface area contributed by atoms with E-state index in [1.54, 1.807) is 12.1 Å². The van der Waals surface area contributed by atoms with Gasteiger partial charge in [-0.1, -0.05) is 24.3 Å². The molecule has 25 heavy (non-hydrogen) atoms. The number of rotatable bonds is 6. The van der Waals surface area contributed by atoms with Gasteiger partial charge in [0.25, 0.3) is 0 Å². The first-order valence-electron chi connectivity index (χ1n) is 8.86. The summed E-state index contributed by atoms with van der Waals surface area (Å²) in [5.74, 6) is 0.341. The van der Waals surface area contributed by atoms with E-state index in [9.17, 15) is 9.50 Å². The molecule has 1 N–H and O–H groups in total. The lowest BCUT2D eigenvalue weighted by Gasteiger charge is -2.14. The second kappa shape index (κ2) is 7.93. The number of benzene rings is 1. The molecule has 1 aliphatic rings. The summed E-state index contributed by atoms with van der Waals surface area (Å²) in [5.41, 5.74) is 2.20. The molecule has 134 valence electrons. The summed E-state index contributed by atoms with van der Waals surface area (Å²) in [6.07, 6.45) is 8.15. The van der Waals surface area contributed by atoms with Crippen molar-refractivity contribution in [1.29, 1.82) is 0 Å². The first-order valence-corrected chi connectivity index (χ1v) is 8.86. The Balaban J connectivity index is 1.61. The van der Waals surface area contributed by atoms with Crippen molar-refractivity contribution in [3.05, 3.63) is 59.7 Å². The van der Waals surface area contributed by atoms with Gasteiger partial charge in [-0.3, -0.25) is 9.58 Å². The number of nitrogens with zero attached hydrogens (tertiary/aromatic N) is 3. The molecule has 0 saturated carbocycles. The van der Waals surface area contributed by atoms with Crippen LogP contribution in [-0.4, -0.2) is 46.0 Å². The quantitative estimate of drug-likeness (QED) is 0.875. The van der Waals surface area contributed by atoms with Gasteiger partial charge in [-0.15, -0.1) is 0 Å². The first-order chi connectivity index (χ1) is 12.1. The summed E-state index contributed by atoms with van der Waals surface area (Å²) < 4.78 is 14.9. The van der Waals surface area contributed by atoms with Crippen LogP contribution < -0.4 is 0 Å². The molecular weight excluding hydrogens is 317 g/mol. The van der Waals surface area contributed by atoms with Crippen molar-refractivity contribution in [3.63, 3.8) is 0 Å². The van der Waals surface area contributed by atoms with Gasteiger partial charge in [0.15, 0.2) is 0 Å². The highest BCUT2D eigenvalue weighted by Gasteiger charge is 2.33. The maximum atomic E-state index is 12.9. The number of likely N-dealkylation sites (tertiary alicyclic amines) is 1. The zero-order valence-corrected chi connectivity index (χ0v) is 14.8. The molecule has 1 aliphatic heterocycles. The van der Waals surface area contributed by atoms with Crippen LogP contribution in [0.3, 0.4) is 0 Å². The van der Waals surface area contributed by atoms with Gasteiger partial charge in [-0.2, -0.15) is 5.10 Å². The Morgan fingerprint density at radius 1 is 1.28 bits per heavy atom. The fourth-order valence-corrected chi connectivity index (χ4v) is 3.41. The molecule has 0 spiro atoms. The van der Waals surface area contributed by atoms with Crippen molar-refractivity contribution in [2.24, 2.45) is 5.92 Å². The van der Waals surface area contributed by atoms with Crippen LogP contribution in [0.5, 0.6) is 0 Å². The van der Waals surface area contributed by atoms with Gasteiger partial charge in [0.2, 0.25) is 0 Å². The Labute approximate surface area is 148 Å². The number of aliphatic hydroxyl groups is 1. The highest BCUT2D eigenvalue weighted by atomic mass is 19.1. The monoisotopic (exact) mass is 343 g/mol. The van der Waals surface area contributed by atoms with Crippen LogP contribution in [0.25, 0.3) is 6.08 Å². The number of aliphatic hydroxyl groups excluding tert-OH is 1. The van der Waals surface area contributed by atoms with E-state index in [0.29, 0.717) is 12.0 Å². The summed E-state index contributed by atoms with van der Waals surface area (Å²) in [6.45, 7) is 7.03. The topological polar surface area (TPSA) is 41.3 Å². The predicted octanol–water partition coefficient (Wildman–Crippen LogP) is 3.32. The van der Waals surface area contributed by atoms with Crippen LogP contribution in [0.1, 0.15) is 36.9 Å². The number of hydrogen-bond acceptors (Lipinski definition) is 3. The fourth-order valence-electron chi connectivity index (χ4n) is 3.41. The molecule has 3 rings (SSSR count). The Morgan fingerprint density at radius 3 is 2.68 bits per heavy atom. The van der Waals surface area contributed by atoms with Crippen molar-refractivity contribution in [1.82, 2.24) is 14.7 Å². The van der Waals surface area contributed by atoms with Crippen LogP contribution in [0, 0.1) is 11.7 Å². The van der Waals surface area contributed by atoms with Crippen molar-refractivity contribution in [2.75, 3.05) is 26.2 Å². The van der Waals surface area contributed by atoms with Crippen LogP contribution in [0.2, 0.25) is 0 Å². The SMILES string of the molecule is CC(C)n1cc([C@@H]2CN(CC=Cc3ccc(F)cc3)C[C@H]2CO)cn1. The van der Waals surface area contributed by atoms with Gasteiger partial charge in [0, 0.05) is 50.3 Å². The molecule has 0 bridgehead atoms. The summed E-state index contributed by atoms with van der Waals surface area (Å²) in [5, 5.41) is 14.2. The van der Waals surface area contributed by atoms with Gasteiger partial charge in [0.05, 0.1) is 6.20 Å². The van der Waals surface area contributed by atoms with E-state index in [-0.39, 0.29) is 18.3 Å². The molecule has 2 heterocycles. The van der Waals surface area contributed by atoms with E-state index in [1.807, 2.05) is 17.0 Å². The predicted molar refractivity (Wildman–Crippen MR) is 97.8 cm³/mol. The zero-order valence-electron chi connectivity index (χ0n) is 14.8. The van der Waals surface area contributed by atoms with E-state index >= 15 is 0 Å². The normalized spacial score (nSPS) is 21.6. The number of aromatic nitrogens is 2. The van der Waals surface area contributed by atoms with Crippen LogP contribution >= 0.6 is 0 Å². The zero-order chi connectivity index (χ0) is 17.8. The maximum Gasteiger partial charge on any atom is 0.123 e. The molecule has 1 saturated heterocycles. The average Bonchev–Trinajstić information content (AvgIpc) is 3.23. The molecule has 1 aromatic heterocycles. The molecular formula is C20H26FN3O. The lowest BCUT2D eigenvalue weighted by molar-refractivity contribution is 0.217. The molecule has 0 unspecified atom stereocenters. The first kappa shape index (κ1) is 17.8. The molecule has 0 aliphatic carbocycles. The molecule has 2 aromatic rings. The van der Waals surface area contributed by atoms with Gasteiger partial charge >= 0.3 is 0 Å². The van der Waals surface area contributed by atoms with Crippen LogP contribution in [0.15, 0.2) is 42.7 Å². The summed E-state index contributed by atoms with van der Waals surface area (Å²) >= 11 is 0. The van der Waals surface area contributed by atoms with Gasteiger partial charge in [-0.05, 0) is 37.1 Å². The molecule has 5 heteroatoms. The minimum Gasteiger partial charge on any atom is -0.396 e. The Kier molecular flexibility index (Phi) is 5.66. The lowest BCUT2D eigenvalue weighted by Crippen LogP contribution is -2.21. The second-order valence-corrected chi connectivity index (χ2v) is 7.07. The van der Waals surface area contributed by atoms with E-state index < -0.39 is 0 Å². The molecule has 0 amide bonds. The molecule has 0 radical (unpaired) electrons. The highest BCUT2D eigenvalue weighted by Crippen LogP contribution is 2.32. The third kappa shape index (κ3) is 4.35. The number of halogens is 1. The Hall–Kier alpha value is -1.98. The largest absolute Gasteiger partial charge is 0.396 e.